The average molecular weight is 509 g/mol. The predicted molar refractivity (Wildman–Crippen MR) is 154 cm³/mol. The van der Waals surface area contributed by atoms with Crippen molar-refractivity contribution < 1.29 is 19.2 Å². The summed E-state index contributed by atoms with van der Waals surface area (Å²) in [5.41, 5.74) is 5.81. The fourth-order valence-corrected chi connectivity index (χ4v) is 5.40. The molecule has 1 aromatic carbocycles. The van der Waals surface area contributed by atoms with Crippen LogP contribution in [0.4, 0.5) is 0 Å². The number of hydrogen-bond donors (Lipinski definition) is 1. The van der Waals surface area contributed by atoms with Crippen LogP contribution in [0.25, 0.3) is 16.5 Å². The third-order valence-corrected chi connectivity index (χ3v) is 8.45. The average Bonchev–Trinajstić information content (AvgIpc) is 3.26. The molecule has 0 amide bonds. The number of fused-ring (bicyclic) bond motifs is 1. The summed E-state index contributed by atoms with van der Waals surface area (Å²) < 4.78 is 21.0. The molecule has 2 aromatic rings. The second kappa shape index (κ2) is 9.99. The first-order valence-electron chi connectivity index (χ1n) is 13.7. The Kier molecular flexibility index (Phi) is 7.59. The van der Waals surface area contributed by atoms with Gasteiger partial charge in [0.05, 0.1) is 28.7 Å². The summed E-state index contributed by atoms with van der Waals surface area (Å²) in [5, 5.41) is 11.4. The van der Waals surface area contributed by atoms with Gasteiger partial charge in [-0.05, 0) is 82.8 Å². The molecule has 2 aliphatic rings. The molecule has 1 unspecified atom stereocenters. The Morgan fingerprint density at radius 2 is 1.86 bits per heavy atom. The van der Waals surface area contributed by atoms with Gasteiger partial charge in [-0.15, -0.1) is 0 Å². The van der Waals surface area contributed by atoms with E-state index >= 15 is 0 Å². The fraction of sp³-hybridized carbons (Fsp3) is 0.633. The standard InChI is InChI=1S/C30H45BN2O4/c1-11-33-25-13-12-21(31-36-29(6,7)30(8,9)37-31)15-22(25)24(16-28(4,5)18-34)27(33)23-14-19(2)17-32-26(23)20(3)35-10/h12-13,15,17,19-20,34H,11,14,16,18H2,1-10H3/t19?,20-/m0/s1. The van der Waals surface area contributed by atoms with Crippen LogP contribution in [0.1, 0.15) is 80.0 Å². The maximum atomic E-state index is 10.3. The van der Waals surface area contributed by atoms with Gasteiger partial charge in [-0.1, -0.05) is 32.9 Å². The van der Waals surface area contributed by atoms with Gasteiger partial charge in [-0.25, -0.2) is 0 Å². The molecular weight excluding hydrogens is 463 g/mol. The highest BCUT2D eigenvalue weighted by Crippen LogP contribution is 2.42. The zero-order valence-corrected chi connectivity index (χ0v) is 24.4. The van der Waals surface area contributed by atoms with Crippen molar-refractivity contribution in [3.05, 3.63) is 35.2 Å². The van der Waals surface area contributed by atoms with E-state index in [0.717, 1.165) is 30.5 Å². The van der Waals surface area contributed by atoms with Crippen LogP contribution in [0.3, 0.4) is 0 Å². The van der Waals surface area contributed by atoms with Crippen LogP contribution in [0.2, 0.25) is 0 Å². The van der Waals surface area contributed by atoms with E-state index in [2.05, 4.69) is 85.1 Å². The molecule has 7 heteroatoms. The Bertz CT molecular complexity index is 1210. The number of aryl methyl sites for hydroxylation is 1. The minimum atomic E-state index is -0.427. The summed E-state index contributed by atoms with van der Waals surface area (Å²) in [5.74, 6) is 0.338. The molecule has 2 aliphatic heterocycles. The topological polar surface area (TPSA) is 65.2 Å². The highest BCUT2D eigenvalue weighted by Gasteiger charge is 2.51. The van der Waals surface area contributed by atoms with Gasteiger partial charge in [-0.3, -0.25) is 4.99 Å². The molecule has 37 heavy (non-hydrogen) atoms. The number of ether oxygens (including phenoxy) is 1. The molecule has 0 radical (unpaired) electrons. The summed E-state index contributed by atoms with van der Waals surface area (Å²) in [6, 6.07) is 6.58. The number of aliphatic hydroxyl groups is 1. The van der Waals surface area contributed by atoms with Crippen molar-refractivity contribution in [2.75, 3.05) is 13.7 Å². The lowest BCUT2D eigenvalue weighted by Crippen LogP contribution is -2.41. The van der Waals surface area contributed by atoms with E-state index in [-0.39, 0.29) is 18.1 Å². The minimum Gasteiger partial charge on any atom is -0.399 e. The lowest BCUT2D eigenvalue weighted by molar-refractivity contribution is 0.00578. The van der Waals surface area contributed by atoms with E-state index in [1.165, 1.54) is 27.7 Å². The second-order valence-electron chi connectivity index (χ2n) is 12.6. The summed E-state index contributed by atoms with van der Waals surface area (Å²) in [6.45, 7) is 20.0. The first-order valence-corrected chi connectivity index (χ1v) is 13.7. The van der Waals surface area contributed by atoms with E-state index in [9.17, 15) is 5.11 Å². The highest BCUT2D eigenvalue weighted by molar-refractivity contribution is 6.62. The fourth-order valence-electron chi connectivity index (χ4n) is 5.40. The number of aliphatic imine (C=N–C) groups is 1. The first kappa shape index (κ1) is 28.1. The predicted octanol–water partition coefficient (Wildman–Crippen LogP) is 5.38. The summed E-state index contributed by atoms with van der Waals surface area (Å²) in [7, 11) is 1.31. The Morgan fingerprint density at radius 3 is 2.43 bits per heavy atom. The number of methoxy groups -OCH3 is 1. The van der Waals surface area contributed by atoms with Gasteiger partial charge in [0, 0.05) is 43.0 Å². The van der Waals surface area contributed by atoms with Crippen molar-refractivity contribution in [1.82, 2.24) is 4.57 Å². The van der Waals surface area contributed by atoms with Crippen molar-refractivity contribution in [1.29, 1.82) is 0 Å². The number of aliphatic hydroxyl groups excluding tert-OH is 1. The Balaban J connectivity index is 1.98. The third kappa shape index (κ3) is 5.08. The maximum Gasteiger partial charge on any atom is 0.494 e. The minimum absolute atomic E-state index is 0.108. The van der Waals surface area contributed by atoms with Crippen molar-refractivity contribution in [3.8, 4) is 0 Å². The molecule has 202 valence electrons. The van der Waals surface area contributed by atoms with Crippen molar-refractivity contribution in [3.63, 3.8) is 0 Å². The third-order valence-electron chi connectivity index (χ3n) is 8.45. The maximum absolute atomic E-state index is 10.3. The van der Waals surface area contributed by atoms with Gasteiger partial charge < -0.3 is 23.7 Å². The van der Waals surface area contributed by atoms with Gasteiger partial charge in [-0.2, -0.15) is 0 Å². The lowest BCUT2D eigenvalue weighted by atomic mass is 9.77. The molecule has 0 saturated carbocycles. The summed E-state index contributed by atoms with van der Waals surface area (Å²) >= 11 is 0. The van der Waals surface area contributed by atoms with Crippen LogP contribution >= 0.6 is 0 Å². The molecule has 1 saturated heterocycles. The Hall–Kier alpha value is -1.93. The van der Waals surface area contributed by atoms with E-state index in [1.807, 2.05) is 6.21 Å². The summed E-state index contributed by atoms with van der Waals surface area (Å²) in [6.07, 6.45) is 3.58. The number of nitrogens with zero attached hydrogens (tertiary/aromatic N) is 2. The molecular formula is C30H45BN2O4. The van der Waals surface area contributed by atoms with Crippen LogP contribution < -0.4 is 5.46 Å². The van der Waals surface area contributed by atoms with Crippen LogP contribution in [0.15, 0.2) is 28.9 Å². The molecule has 4 rings (SSSR count). The normalized spacial score (nSPS) is 22.4. The molecule has 6 nitrogen and oxygen atoms in total. The number of aromatic nitrogens is 1. The SMILES string of the molecule is CCn1c(C2=C([C@H](C)OC)N=CC(C)C2)c(CC(C)(C)CO)c2cc(B3OC(C)(C)C(C)(C)O3)ccc21. The number of benzene rings is 1. The first-order chi connectivity index (χ1) is 17.2. The highest BCUT2D eigenvalue weighted by atomic mass is 16.7. The van der Waals surface area contributed by atoms with Gasteiger partial charge in [0.1, 0.15) is 0 Å². The number of hydrogen-bond acceptors (Lipinski definition) is 5. The zero-order chi connectivity index (χ0) is 27.3. The number of rotatable bonds is 8. The van der Waals surface area contributed by atoms with E-state index in [1.54, 1.807) is 7.11 Å². The molecule has 0 bridgehead atoms. The quantitative estimate of drug-likeness (QED) is 0.487. The van der Waals surface area contributed by atoms with Gasteiger partial charge >= 0.3 is 7.12 Å². The molecule has 0 spiro atoms. The number of allylic oxidation sites excluding steroid dienone is 1. The Morgan fingerprint density at radius 1 is 1.22 bits per heavy atom. The van der Waals surface area contributed by atoms with Crippen LogP contribution in [0, 0.1) is 11.3 Å². The Labute approximate surface area is 223 Å². The molecule has 0 aliphatic carbocycles. The molecule has 2 atom stereocenters. The molecule has 1 fully saturated rings. The van der Waals surface area contributed by atoms with Crippen molar-refractivity contribution >= 4 is 35.3 Å². The van der Waals surface area contributed by atoms with Crippen LogP contribution in [-0.4, -0.2) is 54.0 Å². The molecule has 3 heterocycles. The van der Waals surface area contributed by atoms with E-state index in [0.29, 0.717) is 5.92 Å². The monoisotopic (exact) mass is 508 g/mol. The van der Waals surface area contributed by atoms with Crippen LogP contribution in [-0.2, 0) is 27.0 Å². The molecule has 1 N–H and O–H groups in total. The zero-order valence-electron chi connectivity index (χ0n) is 24.4. The van der Waals surface area contributed by atoms with Crippen molar-refractivity contribution in [2.24, 2.45) is 16.3 Å². The van der Waals surface area contributed by atoms with Gasteiger partial charge in [0.2, 0.25) is 0 Å². The smallest absolute Gasteiger partial charge is 0.399 e. The van der Waals surface area contributed by atoms with Gasteiger partial charge in [0.25, 0.3) is 0 Å². The van der Waals surface area contributed by atoms with Crippen molar-refractivity contribution in [2.45, 2.75) is 99.0 Å². The second-order valence-corrected chi connectivity index (χ2v) is 12.6. The largest absolute Gasteiger partial charge is 0.494 e. The van der Waals surface area contributed by atoms with Gasteiger partial charge in [0.15, 0.2) is 0 Å². The summed E-state index contributed by atoms with van der Waals surface area (Å²) in [4.78, 5) is 4.88. The molecule has 1 aromatic heterocycles. The van der Waals surface area contributed by atoms with Crippen LogP contribution in [0.5, 0.6) is 0 Å². The van der Waals surface area contributed by atoms with E-state index < -0.39 is 18.3 Å². The lowest BCUT2D eigenvalue weighted by Gasteiger charge is -2.32. The van der Waals surface area contributed by atoms with E-state index in [4.69, 9.17) is 19.0 Å².